The molecule has 10 heteroatoms. The second-order valence-electron chi connectivity index (χ2n) is 7.62. The molecule has 28 heavy (non-hydrogen) atoms. The Balaban J connectivity index is 1.36. The lowest BCUT2D eigenvalue weighted by atomic mass is 10.0. The van der Waals surface area contributed by atoms with E-state index in [-0.39, 0.29) is 11.9 Å². The van der Waals surface area contributed by atoms with Crippen LogP contribution in [0, 0.1) is 0 Å². The van der Waals surface area contributed by atoms with Crippen LogP contribution in [0.25, 0.3) is 0 Å². The van der Waals surface area contributed by atoms with E-state index in [9.17, 15) is 13.6 Å². The smallest absolute Gasteiger partial charge is 0.262 e. The largest absolute Gasteiger partial charge is 0.378 e. The molecule has 0 saturated carbocycles. The molecule has 4 rings (SSSR count). The van der Waals surface area contributed by atoms with E-state index in [1.54, 1.807) is 6.33 Å². The molecule has 1 amide bonds. The molecule has 3 aliphatic heterocycles. The minimum Gasteiger partial charge on any atom is -0.378 e. The van der Waals surface area contributed by atoms with Gasteiger partial charge in [0.25, 0.3) is 5.92 Å². The van der Waals surface area contributed by atoms with Gasteiger partial charge in [0.2, 0.25) is 5.91 Å². The Morgan fingerprint density at radius 3 is 2.68 bits per heavy atom. The molecule has 0 aliphatic carbocycles. The summed E-state index contributed by atoms with van der Waals surface area (Å²) in [5, 5.41) is 5.54. The van der Waals surface area contributed by atoms with Crippen molar-refractivity contribution in [3.05, 3.63) is 12.4 Å². The highest BCUT2D eigenvalue weighted by atomic mass is 19.3. The number of aromatic nitrogens is 2. The van der Waals surface area contributed by atoms with Crippen molar-refractivity contribution < 1.29 is 18.3 Å². The number of morpholine rings is 1. The van der Waals surface area contributed by atoms with Crippen molar-refractivity contribution in [2.24, 2.45) is 0 Å². The molecule has 0 aromatic carbocycles. The molecular weight excluding hydrogens is 370 g/mol. The normalized spacial score (nSPS) is 27.6. The number of nitrogens with zero attached hydrogens (tertiary/aromatic N) is 4. The Hall–Kier alpha value is -2.07. The van der Waals surface area contributed by atoms with E-state index in [1.807, 2.05) is 6.07 Å². The highest BCUT2D eigenvalue weighted by Gasteiger charge is 2.42. The van der Waals surface area contributed by atoms with Crippen molar-refractivity contribution in [1.29, 1.82) is 0 Å². The van der Waals surface area contributed by atoms with Gasteiger partial charge in [0, 0.05) is 44.7 Å². The molecule has 154 valence electrons. The summed E-state index contributed by atoms with van der Waals surface area (Å²) in [6.07, 6.45) is 2.85. The SMILES string of the molecule is O=C(NC1CCCN(c2cc(N3CCOCC3)ncn2)C1)C1CC(F)(F)CN1. The summed E-state index contributed by atoms with van der Waals surface area (Å²) >= 11 is 0. The van der Waals surface area contributed by atoms with Crippen LogP contribution in [0.2, 0.25) is 0 Å². The van der Waals surface area contributed by atoms with Crippen molar-refractivity contribution in [2.45, 2.75) is 37.3 Å². The Morgan fingerprint density at radius 1 is 1.21 bits per heavy atom. The van der Waals surface area contributed by atoms with Gasteiger partial charge in [-0.25, -0.2) is 18.7 Å². The van der Waals surface area contributed by atoms with Crippen LogP contribution in [0.3, 0.4) is 0 Å². The number of anilines is 2. The van der Waals surface area contributed by atoms with Gasteiger partial charge in [0.1, 0.15) is 18.0 Å². The molecule has 4 heterocycles. The van der Waals surface area contributed by atoms with Gasteiger partial charge >= 0.3 is 0 Å². The van der Waals surface area contributed by atoms with Crippen LogP contribution in [-0.2, 0) is 9.53 Å². The van der Waals surface area contributed by atoms with Gasteiger partial charge in [0.05, 0.1) is 25.8 Å². The summed E-state index contributed by atoms with van der Waals surface area (Å²) < 4.78 is 32.0. The maximum Gasteiger partial charge on any atom is 0.262 e. The van der Waals surface area contributed by atoms with E-state index >= 15 is 0 Å². The molecule has 3 fully saturated rings. The lowest BCUT2D eigenvalue weighted by Gasteiger charge is -2.35. The third kappa shape index (κ3) is 4.49. The van der Waals surface area contributed by atoms with Crippen LogP contribution in [0.1, 0.15) is 19.3 Å². The Morgan fingerprint density at radius 2 is 1.96 bits per heavy atom. The van der Waals surface area contributed by atoms with E-state index in [0.29, 0.717) is 19.8 Å². The molecule has 3 saturated heterocycles. The standard InChI is InChI=1S/C18H26F2N6O2/c19-18(20)9-14(21-11-18)17(27)24-13-2-1-3-26(10-13)16-8-15(22-12-23-16)25-4-6-28-7-5-25/h8,12-14,21H,1-7,9-11H2,(H,24,27). The zero-order chi connectivity index (χ0) is 19.6. The third-order valence-corrected chi connectivity index (χ3v) is 5.49. The van der Waals surface area contributed by atoms with Crippen LogP contribution in [0.15, 0.2) is 12.4 Å². The van der Waals surface area contributed by atoms with Gasteiger partial charge in [-0.3, -0.25) is 10.1 Å². The van der Waals surface area contributed by atoms with E-state index in [4.69, 9.17) is 4.74 Å². The third-order valence-electron chi connectivity index (χ3n) is 5.49. The number of hydrogen-bond donors (Lipinski definition) is 2. The molecule has 3 aliphatic rings. The first kappa shape index (κ1) is 19.3. The number of alkyl halides is 2. The predicted molar refractivity (Wildman–Crippen MR) is 99.8 cm³/mol. The van der Waals surface area contributed by atoms with Crippen LogP contribution in [0.5, 0.6) is 0 Å². The molecule has 0 bridgehead atoms. The second-order valence-corrected chi connectivity index (χ2v) is 7.62. The fraction of sp³-hybridized carbons (Fsp3) is 0.722. The molecule has 2 unspecified atom stereocenters. The summed E-state index contributed by atoms with van der Waals surface area (Å²) in [6, 6.07) is 1.06. The summed E-state index contributed by atoms with van der Waals surface area (Å²) in [5.74, 6) is -1.46. The van der Waals surface area contributed by atoms with Crippen LogP contribution < -0.4 is 20.4 Å². The van der Waals surface area contributed by atoms with E-state index in [0.717, 1.165) is 44.1 Å². The lowest BCUT2D eigenvalue weighted by Crippen LogP contribution is -2.52. The summed E-state index contributed by atoms with van der Waals surface area (Å²) in [7, 11) is 0. The predicted octanol–water partition coefficient (Wildman–Crippen LogP) is 0.395. The topological polar surface area (TPSA) is 82.6 Å². The van der Waals surface area contributed by atoms with Crippen molar-refractivity contribution >= 4 is 17.5 Å². The average Bonchev–Trinajstić information content (AvgIpc) is 3.09. The monoisotopic (exact) mass is 396 g/mol. The molecule has 2 N–H and O–H groups in total. The van der Waals surface area contributed by atoms with Gasteiger partial charge in [-0.2, -0.15) is 0 Å². The average molecular weight is 396 g/mol. The number of carbonyl (C=O) groups is 1. The number of nitrogens with one attached hydrogen (secondary N) is 2. The fourth-order valence-electron chi connectivity index (χ4n) is 3.98. The van der Waals surface area contributed by atoms with Crippen molar-refractivity contribution in [3.8, 4) is 0 Å². The van der Waals surface area contributed by atoms with Gasteiger partial charge in [-0.1, -0.05) is 0 Å². The first-order valence-corrected chi connectivity index (χ1v) is 9.81. The maximum absolute atomic E-state index is 13.3. The number of halogens is 2. The van der Waals surface area contributed by atoms with Crippen LogP contribution in [-0.4, -0.2) is 79.8 Å². The minimum absolute atomic E-state index is 0.0842. The molecule has 1 aromatic heterocycles. The Kier molecular flexibility index (Phi) is 5.58. The Bertz CT molecular complexity index is 700. The van der Waals surface area contributed by atoms with Gasteiger partial charge in [-0.15, -0.1) is 0 Å². The van der Waals surface area contributed by atoms with E-state index in [2.05, 4.69) is 30.4 Å². The zero-order valence-electron chi connectivity index (χ0n) is 15.7. The van der Waals surface area contributed by atoms with Crippen molar-refractivity contribution in [2.75, 3.05) is 55.7 Å². The quantitative estimate of drug-likeness (QED) is 0.762. The van der Waals surface area contributed by atoms with E-state index < -0.39 is 24.9 Å². The number of rotatable bonds is 4. The summed E-state index contributed by atoms with van der Waals surface area (Å²) in [4.78, 5) is 25.4. The number of amides is 1. The highest BCUT2D eigenvalue weighted by molar-refractivity contribution is 5.82. The second kappa shape index (κ2) is 8.12. The Labute approximate surface area is 162 Å². The molecular formula is C18H26F2N6O2. The number of piperidine rings is 1. The van der Waals surface area contributed by atoms with Gasteiger partial charge < -0.3 is 19.9 Å². The number of ether oxygens (including phenoxy) is 1. The molecule has 8 nitrogen and oxygen atoms in total. The zero-order valence-corrected chi connectivity index (χ0v) is 15.7. The van der Waals surface area contributed by atoms with E-state index in [1.165, 1.54) is 0 Å². The van der Waals surface area contributed by atoms with Crippen molar-refractivity contribution in [3.63, 3.8) is 0 Å². The molecule has 0 radical (unpaired) electrons. The maximum atomic E-state index is 13.3. The van der Waals surface area contributed by atoms with Gasteiger partial charge in [0.15, 0.2) is 0 Å². The molecule has 0 spiro atoms. The van der Waals surface area contributed by atoms with Gasteiger partial charge in [-0.05, 0) is 12.8 Å². The summed E-state index contributed by atoms with van der Waals surface area (Å²) in [6.45, 7) is 3.98. The number of carbonyl (C=O) groups excluding carboxylic acids is 1. The number of hydrogen-bond acceptors (Lipinski definition) is 7. The highest BCUT2D eigenvalue weighted by Crippen LogP contribution is 2.26. The first-order valence-electron chi connectivity index (χ1n) is 9.81. The minimum atomic E-state index is -2.81. The summed E-state index contributed by atoms with van der Waals surface area (Å²) in [5.41, 5.74) is 0. The first-order chi connectivity index (χ1) is 13.5. The molecule has 1 aromatic rings. The van der Waals surface area contributed by atoms with Crippen LogP contribution in [0.4, 0.5) is 20.4 Å². The van der Waals surface area contributed by atoms with Crippen LogP contribution >= 0.6 is 0 Å². The van der Waals surface area contributed by atoms with Crippen molar-refractivity contribution in [1.82, 2.24) is 20.6 Å². The molecule has 2 atom stereocenters. The fourth-order valence-corrected chi connectivity index (χ4v) is 3.98. The lowest BCUT2D eigenvalue weighted by molar-refractivity contribution is -0.124.